The molecule has 110 valence electrons. The van der Waals surface area contributed by atoms with Gasteiger partial charge >= 0.3 is 5.97 Å². The van der Waals surface area contributed by atoms with E-state index in [0.29, 0.717) is 24.5 Å². The van der Waals surface area contributed by atoms with Crippen LogP contribution in [0.5, 0.6) is 0 Å². The van der Waals surface area contributed by atoms with E-state index in [4.69, 9.17) is 10.8 Å². The molecule has 0 saturated carbocycles. The number of aliphatic carboxylic acids is 1. The largest absolute Gasteiger partial charge is 0.481 e. The Morgan fingerprint density at radius 3 is 2.76 bits per heavy atom. The molecule has 2 aromatic heterocycles. The Balaban J connectivity index is 1.99. The maximum Gasteiger partial charge on any atom is 0.309 e. The Labute approximate surface area is 120 Å². The highest BCUT2D eigenvalue weighted by Gasteiger charge is 2.10. The van der Waals surface area contributed by atoms with Gasteiger partial charge in [-0.1, -0.05) is 0 Å². The van der Waals surface area contributed by atoms with E-state index in [1.165, 1.54) is 12.5 Å². The fraction of sp³-hybridized carbons (Fsp3) is 0.231. The number of amides is 1. The first-order valence-corrected chi connectivity index (χ1v) is 6.28. The van der Waals surface area contributed by atoms with Gasteiger partial charge in [0.25, 0.3) is 5.91 Å². The van der Waals surface area contributed by atoms with Crippen LogP contribution in [0.2, 0.25) is 0 Å². The van der Waals surface area contributed by atoms with Gasteiger partial charge in [0, 0.05) is 19.3 Å². The second-order valence-electron chi connectivity index (χ2n) is 4.35. The second-order valence-corrected chi connectivity index (χ2v) is 4.35. The van der Waals surface area contributed by atoms with Gasteiger partial charge < -0.3 is 20.7 Å². The lowest BCUT2D eigenvalue weighted by atomic mass is 10.2. The molecule has 0 saturated heterocycles. The number of pyridine rings is 1. The highest BCUT2D eigenvalue weighted by molar-refractivity contribution is 6.02. The zero-order valence-electron chi connectivity index (χ0n) is 11.2. The van der Waals surface area contributed by atoms with Gasteiger partial charge in [-0.15, -0.1) is 0 Å². The summed E-state index contributed by atoms with van der Waals surface area (Å²) in [4.78, 5) is 30.4. The molecule has 0 bridgehead atoms. The minimum Gasteiger partial charge on any atom is -0.481 e. The molecule has 2 heterocycles. The van der Waals surface area contributed by atoms with E-state index >= 15 is 0 Å². The molecule has 0 aromatic carbocycles. The van der Waals surface area contributed by atoms with Crippen molar-refractivity contribution in [2.45, 2.75) is 13.0 Å². The van der Waals surface area contributed by atoms with Crippen LogP contribution in [0.4, 0.5) is 5.69 Å². The van der Waals surface area contributed by atoms with Crippen LogP contribution in [0.3, 0.4) is 0 Å². The molecule has 8 nitrogen and oxygen atoms in total. The SMILES string of the molecule is NCCn1cnc(C(=O)Nc2ccc(CC(=O)O)nc2)c1. The van der Waals surface area contributed by atoms with Gasteiger partial charge in [-0.3, -0.25) is 14.6 Å². The summed E-state index contributed by atoms with van der Waals surface area (Å²) < 4.78 is 1.73. The number of rotatable bonds is 6. The number of hydrogen-bond acceptors (Lipinski definition) is 5. The molecule has 8 heteroatoms. The zero-order valence-corrected chi connectivity index (χ0v) is 11.2. The third-order valence-corrected chi connectivity index (χ3v) is 2.67. The smallest absolute Gasteiger partial charge is 0.309 e. The van der Waals surface area contributed by atoms with E-state index in [9.17, 15) is 9.59 Å². The number of aromatic nitrogens is 3. The van der Waals surface area contributed by atoms with Crippen molar-refractivity contribution in [2.24, 2.45) is 5.73 Å². The number of hydrogen-bond donors (Lipinski definition) is 3. The predicted molar refractivity (Wildman–Crippen MR) is 74.8 cm³/mol. The first kappa shape index (κ1) is 14.7. The third kappa shape index (κ3) is 4.11. The van der Waals surface area contributed by atoms with Crippen molar-refractivity contribution < 1.29 is 14.7 Å². The quantitative estimate of drug-likeness (QED) is 0.694. The summed E-state index contributed by atoms with van der Waals surface area (Å²) in [5.74, 6) is -1.32. The summed E-state index contributed by atoms with van der Waals surface area (Å²) in [5, 5.41) is 11.3. The molecule has 0 aliphatic carbocycles. The van der Waals surface area contributed by atoms with Gasteiger partial charge in [-0.25, -0.2) is 4.98 Å². The third-order valence-electron chi connectivity index (χ3n) is 2.67. The molecule has 0 spiro atoms. The average molecular weight is 289 g/mol. The summed E-state index contributed by atoms with van der Waals surface area (Å²) >= 11 is 0. The van der Waals surface area contributed by atoms with Crippen molar-refractivity contribution in [1.82, 2.24) is 14.5 Å². The molecule has 2 aromatic rings. The molecule has 21 heavy (non-hydrogen) atoms. The first-order valence-electron chi connectivity index (χ1n) is 6.28. The first-order chi connectivity index (χ1) is 10.1. The maximum absolute atomic E-state index is 12.0. The fourth-order valence-corrected chi connectivity index (χ4v) is 1.70. The lowest BCUT2D eigenvalue weighted by Gasteiger charge is -2.03. The van der Waals surface area contributed by atoms with Crippen LogP contribution in [0, 0.1) is 0 Å². The molecule has 0 radical (unpaired) electrons. The van der Waals surface area contributed by atoms with Crippen LogP contribution >= 0.6 is 0 Å². The topological polar surface area (TPSA) is 123 Å². The molecule has 0 aliphatic heterocycles. The maximum atomic E-state index is 12.0. The van der Waals surface area contributed by atoms with Crippen LogP contribution in [-0.2, 0) is 17.8 Å². The van der Waals surface area contributed by atoms with Crippen molar-refractivity contribution in [3.05, 3.63) is 42.2 Å². The van der Waals surface area contributed by atoms with Crippen molar-refractivity contribution in [1.29, 1.82) is 0 Å². The highest BCUT2D eigenvalue weighted by Crippen LogP contribution is 2.08. The molecular formula is C13H15N5O3. The van der Waals surface area contributed by atoms with E-state index in [1.807, 2.05) is 0 Å². The molecular weight excluding hydrogens is 274 g/mol. The minimum atomic E-state index is -0.954. The predicted octanol–water partition coefficient (Wildman–Crippen LogP) is 0.116. The van der Waals surface area contributed by atoms with Gasteiger partial charge in [0.2, 0.25) is 0 Å². The van der Waals surface area contributed by atoms with E-state index in [2.05, 4.69) is 15.3 Å². The fourth-order valence-electron chi connectivity index (χ4n) is 1.70. The molecule has 2 rings (SSSR count). The lowest BCUT2D eigenvalue weighted by molar-refractivity contribution is -0.136. The van der Waals surface area contributed by atoms with Crippen LogP contribution in [0.1, 0.15) is 16.2 Å². The Hall–Kier alpha value is -2.74. The number of nitrogens with two attached hydrogens (primary N) is 1. The lowest BCUT2D eigenvalue weighted by Crippen LogP contribution is -2.13. The summed E-state index contributed by atoms with van der Waals surface area (Å²) in [6, 6.07) is 3.15. The van der Waals surface area contributed by atoms with Gasteiger partial charge in [0.1, 0.15) is 5.69 Å². The molecule has 4 N–H and O–H groups in total. The molecule has 1 amide bonds. The van der Waals surface area contributed by atoms with Crippen LogP contribution in [0.15, 0.2) is 30.9 Å². The average Bonchev–Trinajstić information content (AvgIpc) is 2.89. The van der Waals surface area contributed by atoms with E-state index in [-0.39, 0.29) is 18.0 Å². The number of carbonyl (C=O) groups is 2. The Morgan fingerprint density at radius 2 is 2.14 bits per heavy atom. The van der Waals surface area contributed by atoms with Gasteiger partial charge in [-0.2, -0.15) is 0 Å². The van der Waals surface area contributed by atoms with Crippen LogP contribution in [-0.4, -0.2) is 38.1 Å². The molecule has 0 atom stereocenters. The number of carboxylic acids is 1. The van der Waals surface area contributed by atoms with E-state index in [1.54, 1.807) is 22.9 Å². The normalized spacial score (nSPS) is 10.3. The number of nitrogens with one attached hydrogen (secondary N) is 1. The van der Waals surface area contributed by atoms with Crippen LogP contribution < -0.4 is 11.1 Å². The summed E-state index contributed by atoms with van der Waals surface area (Å²) in [5.41, 5.74) is 6.59. The van der Waals surface area contributed by atoms with Crippen molar-refractivity contribution >= 4 is 17.6 Å². The van der Waals surface area contributed by atoms with Crippen LogP contribution in [0.25, 0.3) is 0 Å². The number of imidazole rings is 1. The number of carboxylic acid groups (broad SMARTS) is 1. The summed E-state index contributed by atoms with van der Waals surface area (Å²) in [6.45, 7) is 1.05. The minimum absolute atomic E-state index is 0.155. The Kier molecular flexibility index (Phi) is 4.62. The van der Waals surface area contributed by atoms with Crippen molar-refractivity contribution in [2.75, 3.05) is 11.9 Å². The number of anilines is 1. The standard InChI is InChI=1S/C13H15N5O3/c14-3-4-18-7-11(16-8-18)13(21)17-10-2-1-9(15-6-10)5-12(19)20/h1-2,6-8H,3-5,14H2,(H,17,21)(H,19,20). The Morgan fingerprint density at radius 1 is 1.33 bits per heavy atom. The van der Waals surface area contributed by atoms with Gasteiger partial charge in [-0.05, 0) is 12.1 Å². The number of carbonyl (C=O) groups excluding carboxylic acids is 1. The second kappa shape index (κ2) is 6.62. The zero-order chi connectivity index (χ0) is 15.2. The summed E-state index contributed by atoms with van der Waals surface area (Å²) in [6.07, 6.45) is 4.40. The van der Waals surface area contributed by atoms with Gasteiger partial charge in [0.15, 0.2) is 0 Å². The van der Waals surface area contributed by atoms with E-state index in [0.717, 1.165) is 0 Å². The monoisotopic (exact) mass is 289 g/mol. The van der Waals surface area contributed by atoms with Gasteiger partial charge in [0.05, 0.1) is 30.3 Å². The van der Waals surface area contributed by atoms with E-state index < -0.39 is 5.97 Å². The number of nitrogens with zero attached hydrogens (tertiary/aromatic N) is 3. The van der Waals surface area contributed by atoms with Crippen molar-refractivity contribution in [3.8, 4) is 0 Å². The highest BCUT2D eigenvalue weighted by atomic mass is 16.4. The molecule has 0 aliphatic rings. The van der Waals surface area contributed by atoms with Crippen molar-refractivity contribution in [3.63, 3.8) is 0 Å². The Bertz CT molecular complexity index is 636. The summed E-state index contributed by atoms with van der Waals surface area (Å²) in [7, 11) is 0. The molecule has 0 fully saturated rings. The molecule has 0 unspecified atom stereocenters.